The van der Waals surface area contributed by atoms with Crippen LogP contribution in [0.3, 0.4) is 0 Å². The molecule has 200 valence electrons. The maximum Gasteiger partial charge on any atom is 0.296 e. The summed E-state index contributed by atoms with van der Waals surface area (Å²) in [6, 6.07) is 13.5. The van der Waals surface area contributed by atoms with Gasteiger partial charge >= 0.3 is 0 Å². The fraction of sp³-hybridized carbons (Fsp3) is 0.231. The summed E-state index contributed by atoms with van der Waals surface area (Å²) < 4.78 is 61.9. The largest absolute Gasteiger partial charge is 0.397 e. The van der Waals surface area contributed by atoms with Crippen molar-refractivity contribution < 1.29 is 31.0 Å². The summed E-state index contributed by atoms with van der Waals surface area (Å²) >= 11 is 0. The van der Waals surface area contributed by atoms with Crippen LogP contribution in [0.1, 0.15) is 51.3 Å². The second-order valence-electron chi connectivity index (χ2n) is 9.92. The number of anilines is 2. The summed E-state index contributed by atoms with van der Waals surface area (Å²) in [5.41, 5.74) is 5.39. The normalized spacial score (nSPS) is 13.7. The van der Waals surface area contributed by atoms with Gasteiger partial charge in [-0.2, -0.15) is 8.42 Å². The molecule has 1 aliphatic rings. The van der Waals surface area contributed by atoms with Crippen LogP contribution in [0.25, 0.3) is 0 Å². The Morgan fingerprint density at radius 1 is 0.868 bits per heavy atom. The van der Waals surface area contributed by atoms with Crippen LogP contribution in [0, 0.1) is 12.3 Å². The van der Waals surface area contributed by atoms with Gasteiger partial charge in [0.05, 0.1) is 21.7 Å². The number of fused-ring (bicyclic) bond motifs is 2. The van der Waals surface area contributed by atoms with Gasteiger partial charge in [-0.15, -0.1) is 0 Å². The first-order valence-electron chi connectivity index (χ1n) is 11.5. The molecule has 0 aromatic heterocycles. The highest BCUT2D eigenvalue weighted by Gasteiger charge is 2.36. The molecule has 0 amide bonds. The molecule has 0 aliphatic heterocycles. The van der Waals surface area contributed by atoms with Gasteiger partial charge in [0.2, 0.25) is 10.0 Å². The van der Waals surface area contributed by atoms with Crippen molar-refractivity contribution in [1.29, 1.82) is 0 Å². The smallest absolute Gasteiger partial charge is 0.296 e. The van der Waals surface area contributed by atoms with Crippen LogP contribution in [0.2, 0.25) is 0 Å². The Hall–Kier alpha value is -3.58. The Kier molecular flexibility index (Phi) is 6.95. The number of nitrogens with one attached hydrogen (secondary N) is 2. The van der Waals surface area contributed by atoms with Gasteiger partial charge in [0, 0.05) is 29.9 Å². The summed E-state index contributed by atoms with van der Waals surface area (Å²) in [6.07, 6.45) is 0. The second kappa shape index (κ2) is 9.62. The van der Waals surface area contributed by atoms with E-state index in [1.165, 1.54) is 24.3 Å². The zero-order valence-corrected chi connectivity index (χ0v) is 22.5. The topological polar surface area (TPSA) is 173 Å². The van der Waals surface area contributed by atoms with Crippen LogP contribution in [-0.4, -0.2) is 46.0 Å². The van der Waals surface area contributed by atoms with E-state index in [2.05, 4.69) is 10.0 Å². The maximum atomic E-state index is 13.4. The van der Waals surface area contributed by atoms with E-state index >= 15 is 0 Å². The van der Waals surface area contributed by atoms with Crippen molar-refractivity contribution in [3.05, 3.63) is 82.4 Å². The molecule has 0 bridgehead atoms. The lowest BCUT2D eigenvalue weighted by Gasteiger charge is -2.28. The quantitative estimate of drug-likeness (QED) is 0.188. The molecular weight excluding hydrogens is 530 g/mol. The molecule has 0 atom stereocenters. The van der Waals surface area contributed by atoms with E-state index in [4.69, 9.17) is 5.73 Å². The van der Waals surface area contributed by atoms with Crippen LogP contribution in [0.15, 0.2) is 64.4 Å². The molecular formula is C26H27N3O7S2. The third kappa shape index (κ3) is 5.20. The van der Waals surface area contributed by atoms with Crippen molar-refractivity contribution in [3.8, 4) is 0 Å². The number of hydrogen-bond acceptors (Lipinski definition) is 8. The van der Waals surface area contributed by atoms with E-state index in [-0.39, 0.29) is 45.9 Å². The molecule has 0 spiro atoms. The molecule has 4 rings (SSSR count). The number of sulfonamides is 1. The molecule has 0 saturated carbocycles. The average Bonchev–Trinajstić information content (AvgIpc) is 2.85. The van der Waals surface area contributed by atoms with Gasteiger partial charge in [-0.3, -0.25) is 14.1 Å². The van der Waals surface area contributed by atoms with Crippen LogP contribution in [0.5, 0.6) is 0 Å². The number of nitrogen functional groups attached to an aromatic ring is 1. The molecule has 0 saturated heterocycles. The van der Waals surface area contributed by atoms with Crippen LogP contribution >= 0.6 is 0 Å². The second-order valence-corrected chi connectivity index (χ2v) is 13.1. The number of aryl methyl sites for hydroxylation is 1. The molecule has 10 nitrogen and oxygen atoms in total. The van der Waals surface area contributed by atoms with Gasteiger partial charge in [0.15, 0.2) is 11.6 Å². The van der Waals surface area contributed by atoms with E-state index in [1.54, 1.807) is 38.1 Å². The lowest BCUT2D eigenvalue weighted by molar-refractivity contribution is 0.0980. The molecule has 0 radical (unpaired) electrons. The predicted molar refractivity (Wildman–Crippen MR) is 143 cm³/mol. The monoisotopic (exact) mass is 557 g/mol. The fourth-order valence-electron chi connectivity index (χ4n) is 4.13. The zero-order chi connectivity index (χ0) is 28.0. The highest BCUT2D eigenvalue weighted by Crippen LogP contribution is 2.39. The van der Waals surface area contributed by atoms with Crippen molar-refractivity contribution in [3.63, 3.8) is 0 Å². The van der Waals surface area contributed by atoms with E-state index in [0.29, 0.717) is 0 Å². The molecule has 0 unspecified atom stereocenters. The lowest BCUT2D eigenvalue weighted by Crippen LogP contribution is -2.38. The molecule has 3 aromatic carbocycles. The number of carbonyl (C=O) groups excluding carboxylic acids is 2. The molecule has 0 heterocycles. The van der Waals surface area contributed by atoms with Crippen molar-refractivity contribution in [2.24, 2.45) is 5.41 Å². The van der Waals surface area contributed by atoms with Crippen molar-refractivity contribution >= 4 is 43.1 Å². The Balaban J connectivity index is 1.67. The van der Waals surface area contributed by atoms with Gasteiger partial charge in [-0.1, -0.05) is 55.8 Å². The van der Waals surface area contributed by atoms with E-state index in [1.807, 2.05) is 6.92 Å². The predicted octanol–water partition coefficient (Wildman–Crippen LogP) is 3.02. The van der Waals surface area contributed by atoms with Gasteiger partial charge in [-0.25, -0.2) is 13.1 Å². The zero-order valence-electron chi connectivity index (χ0n) is 20.9. The molecule has 0 fully saturated rings. The van der Waals surface area contributed by atoms with Gasteiger partial charge in [0.1, 0.15) is 4.90 Å². The molecule has 38 heavy (non-hydrogen) atoms. The summed E-state index contributed by atoms with van der Waals surface area (Å²) in [5, 5.41) is 2.98. The lowest BCUT2D eigenvalue weighted by atomic mass is 9.82. The maximum absolute atomic E-state index is 13.4. The standard InChI is InChI=1S/C26H27N3O7S2/c1-15-8-10-16(11-9-15)37(32,33)29-14-26(2,3)13-28-19-12-20(38(34,35)36)23(27)22-21(19)24(30)17-6-4-5-7-18(17)25(22)31/h4-12,28-29H,13-14,27H2,1-3H3,(H,34,35,36). The van der Waals surface area contributed by atoms with E-state index in [9.17, 15) is 31.0 Å². The number of ketones is 2. The SMILES string of the molecule is Cc1ccc(S(=O)(=O)NCC(C)(C)CNc2cc(S(=O)(=O)O)c(N)c3c2C(=O)c2ccccc2C3=O)cc1. The van der Waals surface area contributed by atoms with Gasteiger partial charge in [0.25, 0.3) is 10.1 Å². The van der Waals surface area contributed by atoms with E-state index in [0.717, 1.165) is 11.6 Å². The first kappa shape index (κ1) is 27.5. The van der Waals surface area contributed by atoms with Crippen LogP contribution in [-0.2, 0) is 20.1 Å². The Bertz CT molecular complexity index is 1680. The highest BCUT2D eigenvalue weighted by molar-refractivity contribution is 7.89. The summed E-state index contributed by atoms with van der Waals surface area (Å²) in [7, 11) is -8.64. The summed E-state index contributed by atoms with van der Waals surface area (Å²) in [5.74, 6) is -1.18. The minimum Gasteiger partial charge on any atom is -0.397 e. The third-order valence-electron chi connectivity index (χ3n) is 6.31. The van der Waals surface area contributed by atoms with Gasteiger partial charge < -0.3 is 11.1 Å². The van der Waals surface area contributed by atoms with Crippen molar-refractivity contribution in [1.82, 2.24) is 4.72 Å². The number of hydrogen-bond donors (Lipinski definition) is 4. The summed E-state index contributed by atoms with van der Waals surface area (Å²) in [6.45, 7) is 5.42. The third-order valence-corrected chi connectivity index (χ3v) is 8.62. The minimum atomic E-state index is -4.85. The first-order valence-corrected chi connectivity index (χ1v) is 14.5. The highest BCUT2D eigenvalue weighted by atomic mass is 32.2. The van der Waals surface area contributed by atoms with E-state index < -0.39 is 47.7 Å². The Labute approximate surface area is 221 Å². The molecule has 1 aliphatic carbocycles. The minimum absolute atomic E-state index is 0.00572. The first-order chi connectivity index (χ1) is 17.6. The fourth-order valence-corrected chi connectivity index (χ4v) is 6.02. The molecule has 12 heteroatoms. The number of rotatable bonds is 8. The van der Waals surface area contributed by atoms with Gasteiger partial charge in [-0.05, 0) is 30.5 Å². The average molecular weight is 558 g/mol. The van der Waals surface area contributed by atoms with Crippen molar-refractivity contribution in [2.45, 2.75) is 30.6 Å². The molecule has 3 aromatic rings. The Morgan fingerprint density at radius 3 is 1.97 bits per heavy atom. The molecule has 5 N–H and O–H groups in total. The Morgan fingerprint density at radius 2 is 1.42 bits per heavy atom. The number of carbonyl (C=O) groups is 2. The number of nitrogens with two attached hydrogens (primary N) is 1. The van der Waals surface area contributed by atoms with Crippen molar-refractivity contribution in [2.75, 3.05) is 24.1 Å². The van der Waals surface area contributed by atoms with Crippen LogP contribution < -0.4 is 15.8 Å². The summed E-state index contributed by atoms with van der Waals surface area (Å²) in [4.78, 5) is 26.1. The van der Waals surface area contributed by atoms with Crippen LogP contribution in [0.4, 0.5) is 11.4 Å². The number of benzene rings is 3.